The Kier molecular flexibility index (Phi) is 5.85. The summed E-state index contributed by atoms with van der Waals surface area (Å²) in [5.41, 5.74) is 0.879. The third-order valence-corrected chi connectivity index (χ3v) is 6.44. The summed E-state index contributed by atoms with van der Waals surface area (Å²) in [5.74, 6) is 1.66. The summed E-state index contributed by atoms with van der Waals surface area (Å²) in [6.45, 7) is 4.77. The van der Waals surface area contributed by atoms with Crippen LogP contribution in [0.1, 0.15) is 58.1 Å². The van der Waals surface area contributed by atoms with Crippen LogP contribution in [0.15, 0.2) is 6.07 Å². The molecule has 4 rings (SSSR count). The largest absolute Gasteiger partial charge is 0.381 e. The van der Waals surface area contributed by atoms with E-state index in [9.17, 15) is 4.79 Å². The lowest BCUT2D eigenvalue weighted by Crippen LogP contribution is -2.38. The van der Waals surface area contributed by atoms with Crippen molar-refractivity contribution in [3.05, 3.63) is 21.4 Å². The Morgan fingerprint density at radius 2 is 2.04 bits per heavy atom. The molecule has 0 spiro atoms. The van der Waals surface area contributed by atoms with Crippen molar-refractivity contribution in [1.82, 2.24) is 10.6 Å². The first-order chi connectivity index (χ1) is 11.2. The van der Waals surface area contributed by atoms with Gasteiger partial charge < -0.3 is 15.4 Å². The molecule has 2 unspecified atom stereocenters. The van der Waals surface area contributed by atoms with Gasteiger partial charge in [-0.15, -0.1) is 23.7 Å². The SMILES string of the molecule is Cc1sc(C2CC2NCC2CC2)cc1C(=O)NC1CCOCC1.Cl. The number of hydrogen-bond donors (Lipinski definition) is 2. The summed E-state index contributed by atoms with van der Waals surface area (Å²) >= 11 is 1.80. The fourth-order valence-corrected chi connectivity index (χ4v) is 4.60. The van der Waals surface area contributed by atoms with Gasteiger partial charge in [-0.1, -0.05) is 0 Å². The first-order valence-corrected chi connectivity index (χ1v) is 9.74. The Morgan fingerprint density at radius 3 is 2.75 bits per heavy atom. The number of rotatable bonds is 6. The molecule has 24 heavy (non-hydrogen) atoms. The van der Waals surface area contributed by atoms with Crippen molar-refractivity contribution in [2.45, 2.75) is 57.0 Å². The molecule has 1 amide bonds. The molecular weight excluding hydrogens is 344 g/mol. The molecule has 2 saturated carbocycles. The smallest absolute Gasteiger partial charge is 0.252 e. The van der Waals surface area contributed by atoms with Gasteiger partial charge in [0.25, 0.3) is 5.91 Å². The number of thiophene rings is 1. The third-order valence-electron chi connectivity index (χ3n) is 5.26. The van der Waals surface area contributed by atoms with Crippen LogP contribution in [0.4, 0.5) is 0 Å². The van der Waals surface area contributed by atoms with Gasteiger partial charge in [0.15, 0.2) is 0 Å². The summed E-state index contributed by atoms with van der Waals surface area (Å²) < 4.78 is 5.35. The molecule has 3 fully saturated rings. The molecule has 134 valence electrons. The first kappa shape index (κ1) is 18.2. The van der Waals surface area contributed by atoms with E-state index in [-0.39, 0.29) is 24.4 Å². The average Bonchev–Trinajstić information content (AvgIpc) is 3.45. The van der Waals surface area contributed by atoms with Crippen LogP contribution >= 0.6 is 23.7 Å². The summed E-state index contributed by atoms with van der Waals surface area (Å²) in [4.78, 5) is 15.1. The molecule has 0 aromatic carbocycles. The lowest BCUT2D eigenvalue weighted by atomic mass is 10.1. The zero-order valence-electron chi connectivity index (χ0n) is 14.2. The molecular formula is C18H27ClN2O2S. The molecule has 2 heterocycles. The average molecular weight is 371 g/mol. The van der Waals surface area contributed by atoms with E-state index in [1.165, 1.54) is 30.7 Å². The zero-order valence-corrected chi connectivity index (χ0v) is 15.8. The predicted octanol–water partition coefficient (Wildman–Crippen LogP) is 3.24. The highest BCUT2D eigenvalue weighted by molar-refractivity contribution is 7.12. The van der Waals surface area contributed by atoms with Crippen LogP contribution in [-0.2, 0) is 4.74 Å². The van der Waals surface area contributed by atoms with Gasteiger partial charge in [-0.05, 0) is 57.6 Å². The van der Waals surface area contributed by atoms with Crippen LogP contribution in [0.25, 0.3) is 0 Å². The quantitative estimate of drug-likeness (QED) is 0.808. The summed E-state index contributed by atoms with van der Waals surface area (Å²) in [6, 6.07) is 3.05. The predicted molar refractivity (Wildman–Crippen MR) is 99.5 cm³/mol. The molecule has 2 aliphatic carbocycles. The third kappa shape index (κ3) is 4.31. The van der Waals surface area contributed by atoms with Crippen molar-refractivity contribution in [2.75, 3.05) is 19.8 Å². The highest BCUT2D eigenvalue weighted by Gasteiger charge is 2.40. The van der Waals surface area contributed by atoms with Crippen LogP contribution in [0.5, 0.6) is 0 Å². The van der Waals surface area contributed by atoms with Crippen molar-refractivity contribution in [3.8, 4) is 0 Å². The minimum Gasteiger partial charge on any atom is -0.381 e. The Bertz CT molecular complexity index is 582. The van der Waals surface area contributed by atoms with Crippen LogP contribution < -0.4 is 10.6 Å². The second kappa shape index (κ2) is 7.73. The molecule has 1 aromatic heterocycles. The molecule has 1 aromatic rings. The minimum absolute atomic E-state index is 0. The molecule has 0 radical (unpaired) electrons. The molecule has 0 bridgehead atoms. The summed E-state index contributed by atoms with van der Waals surface area (Å²) in [5, 5.41) is 6.86. The van der Waals surface area contributed by atoms with Gasteiger partial charge in [-0.2, -0.15) is 0 Å². The van der Waals surface area contributed by atoms with Gasteiger partial charge in [0.1, 0.15) is 0 Å². The van der Waals surface area contributed by atoms with Crippen LogP contribution in [-0.4, -0.2) is 37.7 Å². The molecule has 2 atom stereocenters. The topological polar surface area (TPSA) is 50.4 Å². The monoisotopic (exact) mass is 370 g/mol. The van der Waals surface area contributed by atoms with Crippen molar-refractivity contribution >= 4 is 29.7 Å². The molecule has 1 aliphatic heterocycles. The van der Waals surface area contributed by atoms with E-state index < -0.39 is 0 Å². The van der Waals surface area contributed by atoms with Crippen LogP contribution in [0.2, 0.25) is 0 Å². The van der Waals surface area contributed by atoms with Gasteiger partial charge in [-0.25, -0.2) is 0 Å². The van der Waals surface area contributed by atoms with Gasteiger partial charge in [-0.3, -0.25) is 4.79 Å². The van der Waals surface area contributed by atoms with Gasteiger partial charge >= 0.3 is 0 Å². The number of ether oxygens (including phenoxy) is 1. The van der Waals surface area contributed by atoms with E-state index >= 15 is 0 Å². The number of carbonyl (C=O) groups is 1. The number of amides is 1. The van der Waals surface area contributed by atoms with Crippen LogP contribution in [0, 0.1) is 12.8 Å². The number of nitrogens with one attached hydrogen (secondary N) is 2. The molecule has 1 saturated heterocycles. The van der Waals surface area contributed by atoms with E-state index in [1.807, 2.05) is 0 Å². The van der Waals surface area contributed by atoms with Crippen molar-refractivity contribution in [2.24, 2.45) is 5.92 Å². The van der Waals surface area contributed by atoms with Gasteiger partial charge in [0, 0.05) is 41.0 Å². The maximum absolute atomic E-state index is 12.5. The van der Waals surface area contributed by atoms with E-state index in [0.717, 1.165) is 42.4 Å². The summed E-state index contributed by atoms with van der Waals surface area (Å²) in [7, 11) is 0. The van der Waals surface area contributed by atoms with Crippen LogP contribution in [0.3, 0.4) is 0 Å². The molecule has 6 heteroatoms. The standard InChI is InChI=1S/C18H26N2O2S.ClH/c1-11-14(18(21)20-13-4-6-22-7-5-13)9-17(23-11)15-8-16(15)19-10-12-2-3-12;/h9,12-13,15-16,19H,2-8,10H2,1H3,(H,20,21);1H. The fourth-order valence-electron chi connectivity index (χ4n) is 3.39. The lowest BCUT2D eigenvalue weighted by molar-refractivity contribution is 0.0696. The number of carbonyl (C=O) groups excluding carboxylic acids is 1. The highest BCUT2D eigenvalue weighted by atomic mass is 35.5. The first-order valence-electron chi connectivity index (χ1n) is 8.93. The fraction of sp³-hybridized carbons (Fsp3) is 0.722. The van der Waals surface area contributed by atoms with E-state index in [1.54, 1.807) is 11.3 Å². The number of aryl methyl sites for hydroxylation is 1. The molecule has 4 nitrogen and oxygen atoms in total. The van der Waals surface area contributed by atoms with Gasteiger partial charge in [0.2, 0.25) is 0 Å². The molecule has 3 aliphatic rings. The Hall–Kier alpha value is -0.620. The minimum atomic E-state index is 0. The second-order valence-corrected chi connectivity index (χ2v) is 8.57. The van der Waals surface area contributed by atoms with Crippen molar-refractivity contribution in [1.29, 1.82) is 0 Å². The normalized spacial score (nSPS) is 26.7. The van der Waals surface area contributed by atoms with E-state index in [2.05, 4.69) is 23.6 Å². The second-order valence-electron chi connectivity index (χ2n) is 7.28. The van der Waals surface area contributed by atoms with Crippen molar-refractivity contribution in [3.63, 3.8) is 0 Å². The maximum atomic E-state index is 12.5. The number of halogens is 1. The summed E-state index contributed by atoms with van der Waals surface area (Å²) in [6.07, 6.45) is 5.89. The lowest BCUT2D eigenvalue weighted by Gasteiger charge is -2.23. The zero-order chi connectivity index (χ0) is 15.8. The Labute approximate surface area is 154 Å². The van der Waals surface area contributed by atoms with Gasteiger partial charge in [0.05, 0.1) is 5.56 Å². The highest BCUT2D eigenvalue weighted by Crippen LogP contribution is 2.45. The molecule has 2 N–H and O–H groups in total. The Balaban J connectivity index is 0.00000169. The Morgan fingerprint density at radius 1 is 1.29 bits per heavy atom. The maximum Gasteiger partial charge on any atom is 0.252 e. The van der Waals surface area contributed by atoms with E-state index in [0.29, 0.717) is 12.0 Å². The number of hydrogen-bond acceptors (Lipinski definition) is 4. The van der Waals surface area contributed by atoms with Crippen molar-refractivity contribution < 1.29 is 9.53 Å². The van der Waals surface area contributed by atoms with E-state index in [4.69, 9.17) is 4.74 Å².